The Bertz CT molecular complexity index is 1300. The first-order valence-electron chi connectivity index (χ1n) is 16.1. The molecule has 2 aliphatic carbocycles. The highest BCUT2D eigenvalue weighted by Gasteiger charge is 2.48. The number of amides is 4. The van der Waals surface area contributed by atoms with Crippen LogP contribution in [0.3, 0.4) is 0 Å². The summed E-state index contributed by atoms with van der Waals surface area (Å²) in [7, 11) is 0. The summed E-state index contributed by atoms with van der Waals surface area (Å²) < 4.78 is 0. The Morgan fingerprint density at radius 1 is 0.756 bits per heavy atom. The number of hydrogen-bond donors (Lipinski definition) is 6. The summed E-state index contributed by atoms with van der Waals surface area (Å²) in [6.45, 7) is 7.67. The second kappa shape index (κ2) is 15.1. The van der Waals surface area contributed by atoms with Crippen molar-refractivity contribution in [3.8, 4) is 0 Å². The molecule has 2 aromatic carbocycles. The lowest BCUT2D eigenvalue weighted by atomic mass is 9.75. The Kier molecular flexibility index (Phi) is 11.3. The van der Waals surface area contributed by atoms with E-state index in [0.29, 0.717) is 50.9 Å². The lowest BCUT2D eigenvalue weighted by Gasteiger charge is -2.42. The van der Waals surface area contributed by atoms with Crippen molar-refractivity contribution in [2.75, 3.05) is 6.54 Å². The van der Waals surface area contributed by atoms with Gasteiger partial charge >= 0.3 is 0 Å². The third-order valence-electron chi connectivity index (χ3n) is 8.97. The van der Waals surface area contributed by atoms with E-state index in [1.54, 1.807) is 13.8 Å². The van der Waals surface area contributed by atoms with E-state index < -0.39 is 29.1 Å². The summed E-state index contributed by atoms with van der Waals surface area (Å²) in [5.74, 6) is -1.22. The van der Waals surface area contributed by atoms with Crippen molar-refractivity contribution >= 4 is 23.6 Å². The number of nitrogens with two attached hydrogens (primary N) is 1. The molecule has 10 nitrogen and oxygen atoms in total. The van der Waals surface area contributed by atoms with E-state index >= 15 is 0 Å². The molecule has 242 valence electrons. The zero-order valence-corrected chi connectivity index (χ0v) is 26.5. The largest absolute Gasteiger partial charge is 0.386 e. The summed E-state index contributed by atoms with van der Waals surface area (Å²) in [5, 5.41) is 15.1. The first kappa shape index (κ1) is 33.6. The van der Waals surface area contributed by atoms with Crippen LogP contribution in [0.25, 0.3) is 0 Å². The molecule has 4 rings (SSSR count). The van der Waals surface area contributed by atoms with Crippen molar-refractivity contribution in [2.45, 2.75) is 94.8 Å². The topological polar surface area (TPSA) is 154 Å². The van der Waals surface area contributed by atoms with Crippen LogP contribution >= 0.6 is 0 Å². The van der Waals surface area contributed by atoms with E-state index in [1.807, 2.05) is 60.7 Å². The van der Waals surface area contributed by atoms with Gasteiger partial charge in [-0.2, -0.15) is 0 Å². The van der Waals surface area contributed by atoms with Gasteiger partial charge in [0, 0.05) is 12.5 Å². The molecular weight excluding hydrogens is 568 g/mol. The Labute approximate surface area is 266 Å². The maximum absolute atomic E-state index is 14.1. The molecule has 0 bridgehead atoms. The molecule has 10 heteroatoms. The van der Waals surface area contributed by atoms with Gasteiger partial charge in [-0.25, -0.2) is 0 Å². The lowest BCUT2D eigenvalue weighted by Crippen LogP contribution is -2.67. The van der Waals surface area contributed by atoms with Crippen molar-refractivity contribution in [1.82, 2.24) is 26.6 Å². The molecule has 2 aromatic rings. The standard InChI is InChI=1S/C35H48N6O4/c1-24(2)30(42)40-35(21-13-22-35)32(44)38-28(18-12-23-37-25(3)36)31(43)41-34(19-10-11-20-34)33(45)39-29(26-14-6-4-7-15-26)27-16-8-5-9-17-27/h4-9,14-17,24,28-29,37H,3,10-13,18-23,36H2,1-2H3,(H,38,44)(H,39,45)(H,40,42)(H,41,43)/t28-/m0/s1. The fourth-order valence-electron chi connectivity index (χ4n) is 6.07. The van der Waals surface area contributed by atoms with Crippen molar-refractivity contribution in [1.29, 1.82) is 0 Å². The van der Waals surface area contributed by atoms with Gasteiger partial charge < -0.3 is 32.3 Å². The van der Waals surface area contributed by atoms with E-state index in [0.717, 1.165) is 30.4 Å². The normalized spacial score (nSPS) is 17.1. The van der Waals surface area contributed by atoms with Gasteiger partial charge in [-0.3, -0.25) is 19.2 Å². The van der Waals surface area contributed by atoms with Crippen LogP contribution in [-0.2, 0) is 19.2 Å². The second-order valence-electron chi connectivity index (χ2n) is 12.7. The van der Waals surface area contributed by atoms with Gasteiger partial charge in [-0.05, 0) is 56.1 Å². The number of rotatable bonds is 15. The molecule has 0 spiro atoms. The predicted octanol–water partition coefficient (Wildman–Crippen LogP) is 3.30. The van der Waals surface area contributed by atoms with Gasteiger partial charge in [0.25, 0.3) is 0 Å². The number of benzene rings is 2. The monoisotopic (exact) mass is 616 g/mol. The van der Waals surface area contributed by atoms with Crippen molar-refractivity contribution in [2.24, 2.45) is 11.7 Å². The molecule has 0 radical (unpaired) electrons. The SMILES string of the molecule is C=C(N)NCCC[C@H](NC(=O)C1(NC(=O)C(C)C)CCC1)C(=O)NC1(C(=O)NC(c2ccccc2)c2ccccc2)CCCC1. The molecule has 2 saturated carbocycles. The molecule has 45 heavy (non-hydrogen) atoms. The van der Waals surface area contributed by atoms with Gasteiger partial charge in [-0.1, -0.05) is 93.9 Å². The Morgan fingerprint density at radius 2 is 1.24 bits per heavy atom. The molecule has 2 aliphatic rings. The highest BCUT2D eigenvalue weighted by Crippen LogP contribution is 2.34. The molecule has 0 heterocycles. The third-order valence-corrected chi connectivity index (χ3v) is 8.97. The first-order chi connectivity index (χ1) is 21.5. The maximum Gasteiger partial charge on any atom is 0.246 e. The zero-order valence-electron chi connectivity index (χ0n) is 26.5. The molecule has 0 aromatic heterocycles. The minimum atomic E-state index is -1.12. The number of nitrogens with one attached hydrogen (secondary N) is 5. The smallest absolute Gasteiger partial charge is 0.246 e. The summed E-state index contributed by atoms with van der Waals surface area (Å²) in [6.07, 6.45) is 5.20. The summed E-state index contributed by atoms with van der Waals surface area (Å²) in [4.78, 5) is 54.3. The average molecular weight is 617 g/mol. The summed E-state index contributed by atoms with van der Waals surface area (Å²) >= 11 is 0. The van der Waals surface area contributed by atoms with Crippen LogP contribution in [0.5, 0.6) is 0 Å². The number of carbonyl (C=O) groups excluding carboxylic acids is 4. The Balaban J connectivity index is 1.54. The van der Waals surface area contributed by atoms with Crippen LogP contribution in [0.2, 0.25) is 0 Å². The third kappa shape index (κ3) is 8.44. The predicted molar refractivity (Wildman–Crippen MR) is 174 cm³/mol. The van der Waals surface area contributed by atoms with Crippen LogP contribution in [0.1, 0.15) is 88.8 Å². The van der Waals surface area contributed by atoms with Crippen molar-refractivity contribution < 1.29 is 19.2 Å². The van der Waals surface area contributed by atoms with E-state index in [2.05, 4.69) is 33.2 Å². The van der Waals surface area contributed by atoms with E-state index in [-0.39, 0.29) is 23.6 Å². The van der Waals surface area contributed by atoms with Crippen LogP contribution in [0.4, 0.5) is 0 Å². The van der Waals surface area contributed by atoms with Crippen molar-refractivity contribution in [3.05, 3.63) is 84.2 Å². The molecule has 7 N–H and O–H groups in total. The van der Waals surface area contributed by atoms with Crippen LogP contribution in [-0.4, -0.2) is 47.3 Å². The number of hydrogen-bond acceptors (Lipinski definition) is 6. The fourth-order valence-corrected chi connectivity index (χ4v) is 6.07. The first-order valence-corrected chi connectivity index (χ1v) is 16.1. The van der Waals surface area contributed by atoms with E-state index in [4.69, 9.17) is 5.73 Å². The van der Waals surface area contributed by atoms with Gasteiger partial charge in [0.1, 0.15) is 17.1 Å². The molecule has 1 atom stereocenters. The van der Waals surface area contributed by atoms with Crippen LogP contribution < -0.4 is 32.3 Å². The van der Waals surface area contributed by atoms with E-state index in [9.17, 15) is 19.2 Å². The second-order valence-corrected chi connectivity index (χ2v) is 12.7. The fraction of sp³-hybridized carbons (Fsp3) is 0.486. The Morgan fingerprint density at radius 3 is 1.71 bits per heavy atom. The minimum absolute atomic E-state index is 0.204. The minimum Gasteiger partial charge on any atom is -0.386 e. The van der Waals surface area contributed by atoms with E-state index in [1.165, 1.54) is 0 Å². The zero-order chi connectivity index (χ0) is 32.5. The van der Waals surface area contributed by atoms with Crippen LogP contribution in [0.15, 0.2) is 73.1 Å². The molecule has 4 amide bonds. The highest BCUT2D eigenvalue weighted by atomic mass is 16.2. The van der Waals surface area contributed by atoms with Crippen LogP contribution in [0, 0.1) is 5.92 Å². The molecule has 2 fully saturated rings. The molecule has 0 saturated heterocycles. The van der Waals surface area contributed by atoms with Gasteiger partial charge in [-0.15, -0.1) is 0 Å². The quantitative estimate of drug-likeness (QED) is 0.169. The lowest BCUT2D eigenvalue weighted by molar-refractivity contribution is -0.141. The summed E-state index contributed by atoms with van der Waals surface area (Å²) in [6, 6.07) is 18.2. The maximum atomic E-state index is 14.1. The average Bonchev–Trinajstić information content (AvgIpc) is 3.49. The van der Waals surface area contributed by atoms with Gasteiger partial charge in [0.2, 0.25) is 23.6 Å². The molecular formula is C35H48N6O4. The van der Waals surface area contributed by atoms with Gasteiger partial charge in [0.15, 0.2) is 0 Å². The number of carbonyl (C=O) groups is 4. The molecule has 0 unspecified atom stereocenters. The van der Waals surface area contributed by atoms with Crippen molar-refractivity contribution in [3.63, 3.8) is 0 Å². The van der Waals surface area contributed by atoms with Gasteiger partial charge in [0.05, 0.1) is 11.9 Å². The summed E-state index contributed by atoms with van der Waals surface area (Å²) in [5.41, 5.74) is 5.36. The highest BCUT2D eigenvalue weighted by molar-refractivity contribution is 5.98. The Hall–Kier alpha value is -4.34. The molecule has 0 aliphatic heterocycles.